The Labute approximate surface area is 110 Å². The van der Waals surface area contributed by atoms with Gasteiger partial charge in [0.25, 0.3) is 5.91 Å². The Bertz CT molecular complexity index is 503. The van der Waals surface area contributed by atoms with E-state index in [4.69, 9.17) is 0 Å². The van der Waals surface area contributed by atoms with Gasteiger partial charge in [-0.3, -0.25) is 4.79 Å². The minimum absolute atomic E-state index is 0.193. The number of carboxylic acid groups (broad SMARTS) is 1. The third kappa shape index (κ3) is 2.75. The van der Waals surface area contributed by atoms with Crippen LogP contribution in [0, 0.1) is 11.7 Å². The molecule has 1 amide bonds. The van der Waals surface area contributed by atoms with Crippen LogP contribution in [0.5, 0.6) is 0 Å². The number of carbonyl (C=O) groups excluding carboxylic acids is 1. The number of carboxylic acids is 1. The molecule has 1 N–H and O–H groups in total. The molecule has 1 aromatic carbocycles. The van der Waals surface area contributed by atoms with Gasteiger partial charge in [0.1, 0.15) is 11.9 Å². The first kappa shape index (κ1) is 13.5. The molecule has 19 heavy (non-hydrogen) atoms. The number of benzene rings is 1. The average Bonchev–Trinajstić information content (AvgIpc) is 2.82. The van der Waals surface area contributed by atoms with Crippen molar-refractivity contribution in [1.29, 1.82) is 0 Å². The van der Waals surface area contributed by atoms with Crippen LogP contribution < -0.4 is 0 Å². The molecule has 1 heterocycles. The lowest BCUT2D eigenvalue weighted by atomic mass is 10.0. The second kappa shape index (κ2) is 5.38. The van der Waals surface area contributed by atoms with Gasteiger partial charge < -0.3 is 10.0 Å². The highest BCUT2D eigenvalue weighted by molar-refractivity contribution is 5.97. The monoisotopic (exact) mass is 265 g/mol. The van der Waals surface area contributed by atoms with Crippen molar-refractivity contribution in [2.24, 2.45) is 5.92 Å². The van der Waals surface area contributed by atoms with E-state index in [0.29, 0.717) is 13.0 Å². The highest BCUT2D eigenvalue weighted by Crippen LogP contribution is 2.27. The average molecular weight is 265 g/mol. The Morgan fingerprint density at radius 1 is 1.47 bits per heavy atom. The predicted molar refractivity (Wildman–Crippen MR) is 67.3 cm³/mol. The van der Waals surface area contributed by atoms with Gasteiger partial charge in [-0.15, -0.1) is 0 Å². The Hall–Kier alpha value is -1.91. The van der Waals surface area contributed by atoms with Crippen LogP contribution in [0.2, 0.25) is 0 Å². The molecule has 2 atom stereocenters. The van der Waals surface area contributed by atoms with Gasteiger partial charge in [-0.2, -0.15) is 0 Å². The number of aliphatic carboxylic acids is 1. The first-order chi connectivity index (χ1) is 9.02. The zero-order valence-electron chi connectivity index (χ0n) is 10.7. The molecule has 1 fully saturated rings. The summed E-state index contributed by atoms with van der Waals surface area (Å²) in [6.07, 6.45) is 1.30. The van der Waals surface area contributed by atoms with Crippen molar-refractivity contribution in [3.8, 4) is 0 Å². The van der Waals surface area contributed by atoms with E-state index >= 15 is 0 Å². The Morgan fingerprint density at radius 3 is 2.79 bits per heavy atom. The van der Waals surface area contributed by atoms with E-state index in [9.17, 15) is 19.1 Å². The van der Waals surface area contributed by atoms with Crippen LogP contribution in [0.25, 0.3) is 0 Å². The summed E-state index contributed by atoms with van der Waals surface area (Å²) in [5.74, 6) is -1.72. The zero-order valence-corrected chi connectivity index (χ0v) is 10.7. The lowest BCUT2D eigenvalue weighted by Crippen LogP contribution is -2.40. The number of likely N-dealkylation sites (tertiary alicyclic amines) is 1. The van der Waals surface area contributed by atoms with E-state index in [1.165, 1.54) is 23.1 Å². The van der Waals surface area contributed by atoms with Crippen LogP contribution in [-0.2, 0) is 4.79 Å². The molecule has 5 heteroatoms. The number of carbonyl (C=O) groups is 2. The number of nitrogens with zero attached hydrogens (tertiary/aromatic N) is 1. The number of rotatable bonds is 3. The molecule has 0 aliphatic carbocycles. The molecule has 0 bridgehead atoms. The van der Waals surface area contributed by atoms with Crippen LogP contribution in [0.1, 0.15) is 30.1 Å². The molecule has 4 nitrogen and oxygen atoms in total. The summed E-state index contributed by atoms with van der Waals surface area (Å²) in [5.41, 5.74) is 0.197. The quantitative estimate of drug-likeness (QED) is 0.911. The van der Waals surface area contributed by atoms with Crippen molar-refractivity contribution in [1.82, 2.24) is 4.90 Å². The van der Waals surface area contributed by atoms with E-state index < -0.39 is 23.7 Å². The first-order valence-electron chi connectivity index (χ1n) is 6.32. The summed E-state index contributed by atoms with van der Waals surface area (Å²) in [7, 11) is 0. The zero-order chi connectivity index (χ0) is 14.0. The third-order valence-electron chi connectivity index (χ3n) is 3.58. The SMILES string of the molecule is CC[C@@H]1C[C@H](C(=O)O)N(C(=O)c2cccc(F)c2)C1. The van der Waals surface area contributed by atoms with Gasteiger partial charge in [-0.1, -0.05) is 19.4 Å². The van der Waals surface area contributed by atoms with Crippen molar-refractivity contribution in [3.63, 3.8) is 0 Å². The van der Waals surface area contributed by atoms with Crippen LogP contribution >= 0.6 is 0 Å². The van der Waals surface area contributed by atoms with Gasteiger partial charge in [0.2, 0.25) is 0 Å². The largest absolute Gasteiger partial charge is 0.480 e. The Kier molecular flexibility index (Phi) is 3.83. The molecule has 0 saturated carbocycles. The highest BCUT2D eigenvalue weighted by atomic mass is 19.1. The van der Waals surface area contributed by atoms with Gasteiger partial charge in [-0.25, -0.2) is 9.18 Å². The fourth-order valence-electron chi connectivity index (χ4n) is 2.46. The summed E-state index contributed by atoms with van der Waals surface area (Å²) in [4.78, 5) is 24.8. The van der Waals surface area contributed by atoms with Crippen LogP contribution in [-0.4, -0.2) is 34.5 Å². The van der Waals surface area contributed by atoms with Crippen molar-refractivity contribution in [2.75, 3.05) is 6.54 Å². The van der Waals surface area contributed by atoms with E-state index in [1.54, 1.807) is 0 Å². The molecular formula is C14H16FNO3. The summed E-state index contributed by atoms with van der Waals surface area (Å²) >= 11 is 0. The molecular weight excluding hydrogens is 249 g/mol. The third-order valence-corrected chi connectivity index (χ3v) is 3.58. The molecule has 1 aliphatic rings. The van der Waals surface area contributed by atoms with E-state index in [2.05, 4.69) is 0 Å². The fourth-order valence-corrected chi connectivity index (χ4v) is 2.46. The van der Waals surface area contributed by atoms with Crippen molar-refractivity contribution >= 4 is 11.9 Å². The second-order valence-electron chi connectivity index (χ2n) is 4.83. The molecule has 2 rings (SSSR count). The highest BCUT2D eigenvalue weighted by Gasteiger charge is 2.39. The molecule has 0 aromatic heterocycles. The second-order valence-corrected chi connectivity index (χ2v) is 4.83. The van der Waals surface area contributed by atoms with Crippen molar-refractivity contribution in [2.45, 2.75) is 25.8 Å². The number of hydrogen-bond acceptors (Lipinski definition) is 2. The molecule has 1 saturated heterocycles. The predicted octanol–water partition coefficient (Wildman–Crippen LogP) is 2.15. The lowest BCUT2D eigenvalue weighted by Gasteiger charge is -2.21. The number of amides is 1. The van der Waals surface area contributed by atoms with E-state index in [0.717, 1.165) is 12.5 Å². The van der Waals surface area contributed by atoms with Gasteiger partial charge in [0.05, 0.1) is 0 Å². The maximum Gasteiger partial charge on any atom is 0.326 e. The van der Waals surface area contributed by atoms with Crippen molar-refractivity contribution in [3.05, 3.63) is 35.6 Å². The summed E-state index contributed by atoms with van der Waals surface area (Å²) in [6, 6.07) is 4.54. The Balaban J connectivity index is 2.24. The van der Waals surface area contributed by atoms with Crippen LogP contribution in [0.15, 0.2) is 24.3 Å². The van der Waals surface area contributed by atoms with Gasteiger partial charge in [0, 0.05) is 12.1 Å². The summed E-state index contributed by atoms with van der Waals surface area (Å²) in [5, 5.41) is 9.18. The minimum atomic E-state index is -0.999. The number of halogens is 1. The van der Waals surface area contributed by atoms with E-state index in [-0.39, 0.29) is 11.5 Å². The molecule has 0 spiro atoms. The van der Waals surface area contributed by atoms with E-state index in [1.807, 2.05) is 6.92 Å². The summed E-state index contributed by atoms with van der Waals surface area (Å²) in [6.45, 7) is 2.39. The van der Waals surface area contributed by atoms with Gasteiger partial charge >= 0.3 is 5.97 Å². The van der Waals surface area contributed by atoms with Crippen LogP contribution in [0.3, 0.4) is 0 Å². The number of hydrogen-bond donors (Lipinski definition) is 1. The maximum absolute atomic E-state index is 13.1. The normalized spacial score (nSPS) is 22.5. The van der Waals surface area contributed by atoms with Crippen molar-refractivity contribution < 1.29 is 19.1 Å². The lowest BCUT2D eigenvalue weighted by molar-refractivity contribution is -0.141. The smallest absolute Gasteiger partial charge is 0.326 e. The molecule has 0 unspecified atom stereocenters. The fraction of sp³-hybridized carbons (Fsp3) is 0.429. The summed E-state index contributed by atoms with van der Waals surface area (Å²) < 4.78 is 13.1. The minimum Gasteiger partial charge on any atom is -0.480 e. The first-order valence-corrected chi connectivity index (χ1v) is 6.32. The van der Waals surface area contributed by atoms with Gasteiger partial charge in [0.15, 0.2) is 0 Å². The molecule has 0 radical (unpaired) electrons. The standard InChI is InChI=1S/C14H16FNO3/c1-2-9-6-12(14(18)19)16(8-9)13(17)10-4-3-5-11(15)7-10/h3-5,7,9,12H,2,6,8H2,1H3,(H,18,19)/t9-,12-/m1/s1. The van der Waals surface area contributed by atoms with Gasteiger partial charge in [-0.05, 0) is 30.5 Å². The Morgan fingerprint density at radius 2 is 2.21 bits per heavy atom. The molecule has 1 aliphatic heterocycles. The molecule has 1 aromatic rings. The topological polar surface area (TPSA) is 57.6 Å². The molecule has 102 valence electrons. The maximum atomic E-state index is 13.1. The van der Waals surface area contributed by atoms with Crippen LogP contribution in [0.4, 0.5) is 4.39 Å².